The van der Waals surface area contributed by atoms with E-state index in [1.807, 2.05) is 66.9 Å². The zero-order valence-electron chi connectivity index (χ0n) is 13.9. The number of hydrogen-bond donors (Lipinski definition) is 1. The van der Waals surface area contributed by atoms with Crippen molar-refractivity contribution in [3.05, 3.63) is 102 Å². The number of allylic oxidation sites excluding steroid dienone is 1. The van der Waals surface area contributed by atoms with E-state index >= 15 is 0 Å². The number of ketones is 1. The Kier molecular flexibility index (Phi) is 4.17. The van der Waals surface area contributed by atoms with E-state index in [0.717, 1.165) is 46.4 Å². The second-order valence-corrected chi connectivity index (χ2v) is 6.21. The first kappa shape index (κ1) is 15.4. The molecular formula is C23H19NO. The van der Waals surface area contributed by atoms with Crippen LogP contribution in [0.4, 0.5) is 5.69 Å². The molecule has 4 rings (SSSR count). The van der Waals surface area contributed by atoms with E-state index in [-0.39, 0.29) is 5.78 Å². The highest BCUT2D eigenvalue weighted by Crippen LogP contribution is 2.33. The van der Waals surface area contributed by atoms with Gasteiger partial charge < -0.3 is 5.32 Å². The van der Waals surface area contributed by atoms with Crippen molar-refractivity contribution in [2.24, 2.45) is 0 Å². The number of Topliss-reactive ketones (excluding diaryl/α,β-unsaturated/α-hetero) is 1. The Morgan fingerprint density at radius 1 is 0.760 bits per heavy atom. The zero-order valence-corrected chi connectivity index (χ0v) is 13.9. The molecule has 25 heavy (non-hydrogen) atoms. The molecule has 3 aromatic rings. The summed E-state index contributed by atoms with van der Waals surface area (Å²) in [6, 6.07) is 26.2. The van der Waals surface area contributed by atoms with Crippen LogP contribution in [0, 0.1) is 0 Å². The monoisotopic (exact) mass is 325 g/mol. The lowest BCUT2D eigenvalue weighted by atomic mass is 9.82. The van der Waals surface area contributed by atoms with Gasteiger partial charge in [-0.2, -0.15) is 0 Å². The number of anilines is 1. The lowest BCUT2D eigenvalue weighted by Crippen LogP contribution is -2.16. The van der Waals surface area contributed by atoms with Crippen molar-refractivity contribution in [1.29, 1.82) is 0 Å². The molecular weight excluding hydrogens is 306 g/mol. The number of benzene rings is 3. The highest BCUT2D eigenvalue weighted by Gasteiger charge is 2.25. The Bertz CT molecular complexity index is 927. The lowest BCUT2D eigenvalue weighted by Gasteiger charge is -2.21. The number of aryl methyl sites for hydroxylation is 1. The Hall–Kier alpha value is -3.13. The van der Waals surface area contributed by atoms with Gasteiger partial charge in [0.25, 0.3) is 0 Å². The fourth-order valence-electron chi connectivity index (χ4n) is 3.32. The van der Waals surface area contributed by atoms with Crippen LogP contribution in [0.1, 0.15) is 22.3 Å². The second-order valence-electron chi connectivity index (χ2n) is 6.21. The molecule has 3 aromatic carbocycles. The van der Waals surface area contributed by atoms with Crippen LogP contribution in [0.5, 0.6) is 0 Å². The topological polar surface area (TPSA) is 29.1 Å². The van der Waals surface area contributed by atoms with Crippen molar-refractivity contribution in [1.82, 2.24) is 0 Å². The van der Waals surface area contributed by atoms with E-state index in [4.69, 9.17) is 0 Å². The number of para-hydroxylation sites is 1. The molecule has 0 heterocycles. The van der Waals surface area contributed by atoms with Crippen LogP contribution in [0.2, 0.25) is 0 Å². The summed E-state index contributed by atoms with van der Waals surface area (Å²) in [5.74, 6) is 0.129. The molecule has 0 aromatic heterocycles. The van der Waals surface area contributed by atoms with E-state index < -0.39 is 0 Å². The molecule has 0 unspecified atom stereocenters. The van der Waals surface area contributed by atoms with Crippen molar-refractivity contribution in [2.75, 3.05) is 5.32 Å². The summed E-state index contributed by atoms with van der Waals surface area (Å²) < 4.78 is 0. The minimum atomic E-state index is 0.129. The van der Waals surface area contributed by atoms with E-state index in [1.165, 1.54) is 0 Å². The minimum Gasteiger partial charge on any atom is -0.361 e. The first-order valence-corrected chi connectivity index (χ1v) is 8.55. The standard InChI is InChI=1S/C23H19NO/c25-23-19(16-24-20-11-5-2-6-12-20)15-14-18-10-7-13-21(22(18)23)17-8-3-1-4-9-17/h1-13,16,24H,14-15H2/b19-16-. The van der Waals surface area contributed by atoms with Crippen LogP contribution >= 0.6 is 0 Å². The fourth-order valence-corrected chi connectivity index (χ4v) is 3.32. The van der Waals surface area contributed by atoms with Crippen LogP contribution in [0.25, 0.3) is 11.1 Å². The lowest BCUT2D eigenvalue weighted by molar-refractivity contribution is 0.102. The largest absolute Gasteiger partial charge is 0.361 e. The highest BCUT2D eigenvalue weighted by atomic mass is 16.1. The predicted molar refractivity (Wildman–Crippen MR) is 103 cm³/mol. The smallest absolute Gasteiger partial charge is 0.191 e. The molecule has 2 nitrogen and oxygen atoms in total. The summed E-state index contributed by atoms with van der Waals surface area (Å²) in [5, 5.41) is 3.25. The molecule has 0 saturated carbocycles. The van der Waals surface area contributed by atoms with Gasteiger partial charge in [0.05, 0.1) is 0 Å². The summed E-state index contributed by atoms with van der Waals surface area (Å²) in [7, 11) is 0. The molecule has 0 aliphatic heterocycles. The predicted octanol–water partition coefficient (Wildman–Crippen LogP) is 5.48. The molecule has 0 spiro atoms. The molecule has 0 amide bonds. The van der Waals surface area contributed by atoms with Gasteiger partial charge in [0.15, 0.2) is 5.78 Å². The normalized spacial score (nSPS) is 15.0. The molecule has 0 atom stereocenters. The maximum absolute atomic E-state index is 13.1. The van der Waals surface area contributed by atoms with Crippen molar-refractivity contribution in [3.63, 3.8) is 0 Å². The molecule has 122 valence electrons. The van der Waals surface area contributed by atoms with Gasteiger partial charge in [-0.3, -0.25) is 4.79 Å². The van der Waals surface area contributed by atoms with E-state index in [2.05, 4.69) is 23.5 Å². The van der Waals surface area contributed by atoms with Crippen LogP contribution in [-0.4, -0.2) is 5.78 Å². The first-order chi connectivity index (χ1) is 12.3. The average Bonchev–Trinajstić information content (AvgIpc) is 2.68. The third-order valence-electron chi connectivity index (χ3n) is 4.60. The Morgan fingerprint density at radius 3 is 2.24 bits per heavy atom. The van der Waals surface area contributed by atoms with E-state index in [1.54, 1.807) is 0 Å². The van der Waals surface area contributed by atoms with Gasteiger partial charge in [0.2, 0.25) is 0 Å². The molecule has 1 aliphatic carbocycles. The minimum absolute atomic E-state index is 0.129. The van der Waals surface area contributed by atoms with Crippen LogP contribution in [-0.2, 0) is 6.42 Å². The molecule has 1 N–H and O–H groups in total. The third kappa shape index (κ3) is 3.11. The molecule has 0 bridgehead atoms. The first-order valence-electron chi connectivity index (χ1n) is 8.55. The van der Waals surface area contributed by atoms with Gasteiger partial charge in [0.1, 0.15) is 0 Å². The number of carbonyl (C=O) groups is 1. The number of nitrogens with one attached hydrogen (secondary N) is 1. The van der Waals surface area contributed by atoms with Gasteiger partial charge in [-0.25, -0.2) is 0 Å². The maximum atomic E-state index is 13.1. The Morgan fingerprint density at radius 2 is 1.48 bits per heavy atom. The number of fused-ring (bicyclic) bond motifs is 1. The van der Waals surface area contributed by atoms with Crippen LogP contribution in [0.15, 0.2) is 90.6 Å². The summed E-state index contributed by atoms with van der Waals surface area (Å²) in [5.41, 5.74) is 5.92. The summed E-state index contributed by atoms with van der Waals surface area (Å²) in [6.07, 6.45) is 3.52. The third-order valence-corrected chi connectivity index (χ3v) is 4.60. The number of rotatable bonds is 3. The van der Waals surface area contributed by atoms with Gasteiger partial charge in [-0.15, -0.1) is 0 Å². The molecule has 2 heteroatoms. The Balaban J connectivity index is 1.70. The number of carbonyl (C=O) groups excluding carboxylic acids is 1. The van der Waals surface area contributed by atoms with E-state index in [0.29, 0.717) is 0 Å². The van der Waals surface area contributed by atoms with Crippen molar-refractivity contribution >= 4 is 11.5 Å². The molecule has 0 radical (unpaired) electrons. The van der Waals surface area contributed by atoms with Crippen molar-refractivity contribution in [2.45, 2.75) is 12.8 Å². The van der Waals surface area contributed by atoms with Crippen LogP contribution < -0.4 is 5.32 Å². The van der Waals surface area contributed by atoms with Gasteiger partial charge in [-0.05, 0) is 41.7 Å². The van der Waals surface area contributed by atoms with Crippen molar-refractivity contribution < 1.29 is 4.79 Å². The Labute approximate surface area is 147 Å². The van der Waals surface area contributed by atoms with Gasteiger partial charge in [-0.1, -0.05) is 66.7 Å². The SMILES string of the molecule is O=C1/C(=C\Nc2ccccc2)CCc2cccc(-c3ccccc3)c21. The second kappa shape index (κ2) is 6.78. The van der Waals surface area contributed by atoms with Gasteiger partial charge >= 0.3 is 0 Å². The van der Waals surface area contributed by atoms with Gasteiger partial charge in [0, 0.05) is 23.0 Å². The maximum Gasteiger partial charge on any atom is 0.191 e. The molecule has 1 aliphatic rings. The summed E-state index contributed by atoms with van der Waals surface area (Å²) in [6.45, 7) is 0. The quantitative estimate of drug-likeness (QED) is 0.646. The fraction of sp³-hybridized carbons (Fsp3) is 0.0870. The summed E-state index contributed by atoms with van der Waals surface area (Å²) >= 11 is 0. The van der Waals surface area contributed by atoms with Crippen LogP contribution in [0.3, 0.4) is 0 Å². The average molecular weight is 325 g/mol. The molecule has 0 saturated heterocycles. The highest BCUT2D eigenvalue weighted by molar-refractivity contribution is 6.14. The zero-order chi connectivity index (χ0) is 17.1. The van der Waals surface area contributed by atoms with E-state index in [9.17, 15) is 4.79 Å². The van der Waals surface area contributed by atoms with Crippen molar-refractivity contribution in [3.8, 4) is 11.1 Å². The number of hydrogen-bond acceptors (Lipinski definition) is 2. The summed E-state index contributed by atoms with van der Waals surface area (Å²) in [4.78, 5) is 13.1. The molecule has 0 fully saturated rings.